The molecule has 0 unspecified atom stereocenters. The van der Waals surface area contributed by atoms with Crippen LogP contribution in [0.4, 0.5) is 0 Å². The molecule has 0 aliphatic rings. The number of furan rings is 1. The van der Waals surface area contributed by atoms with Gasteiger partial charge in [0.05, 0.1) is 12.0 Å². The summed E-state index contributed by atoms with van der Waals surface area (Å²) in [5.41, 5.74) is 1.44. The Labute approximate surface area is 94.1 Å². The first-order valence-corrected chi connectivity index (χ1v) is 5.17. The van der Waals surface area contributed by atoms with E-state index in [9.17, 15) is 4.79 Å². The predicted octanol–water partition coefficient (Wildman–Crippen LogP) is 2.72. The van der Waals surface area contributed by atoms with Crippen molar-refractivity contribution >= 4 is 5.78 Å². The Kier molecular flexibility index (Phi) is 2.86. The van der Waals surface area contributed by atoms with E-state index in [1.54, 1.807) is 19.2 Å². The zero-order valence-corrected chi connectivity index (χ0v) is 9.36. The molecule has 2 aromatic heterocycles. The highest BCUT2D eigenvalue weighted by atomic mass is 16.3. The predicted molar refractivity (Wildman–Crippen MR) is 60.5 cm³/mol. The maximum Gasteiger partial charge on any atom is 0.172 e. The SMILES string of the molecule is Cc1cc(C(=O)Cc2ccccn2)c(C)o1. The molecule has 0 atom stereocenters. The molecule has 16 heavy (non-hydrogen) atoms. The smallest absolute Gasteiger partial charge is 0.172 e. The number of pyridine rings is 1. The summed E-state index contributed by atoms with van der Waals surface area (Å²) in [7, 11) is 0. The summed E-state index contributed by atoms with van der Waals surface area (Å²) in [5, 5.41) is 0. The van der Waals surface area contributed by atoms with Crippen molar-refractivity contribution in [1.82, 2.24) is 4.98 Å². The van der Waals surface area contributed by atoms with Gasteiger partial charge in [0.2, 0.25) is 0 Å². The standard InChI is InChI=1S/C13H13NO2/c1-9-7-12(10(2)16-9)13(15)8-11-5-3-4-6-14-11/h3-7H,8H2,1-2H3. The third-order valence-corrected chi connectivity index (χ3v) is 2.41. The quantitative estimate of drug-likeness (QED) is 0.739. The van der Waals surface area contributed by atoms with Gasteiger partial charge in [-0.2, -0.15) is 0 Å². The summed E-state index contributed by atoms with van der Waals surface area (Å²) in [5.74, 6) is 1.49. The average Bonchev–Trinajstić information content (AvgIpc) is 2.59. The first-order valence-electron chi connectivity index (χ1n) is 5.17. The Morgan fingerprint density at radius 2 is 2.19 bits per heavy atom. The van der Waals surface area contributed by atoms with Crippen LogP contribution in [-0.2, 0) is 6.42 Å². The molecule has 3 heteroatoms. The van der Waals surface area contributed by atoms with Crippen LogP contribution in [0, 0.1) is 13.8 Å². The summed E-state index contributed by atoms with van der Waals surface area (Å²) in [6, 6.07) is 7.34. The van der Waals surface area contributed by atoms with E-state index in [-0.39, 0.29) is 5.78 Å². The van der Waals surface area contributed by atoms with Gasteiger partial charge in [0.15, 0.2) is 5.78 Å². The Morgan fingerprint density at radius 1 is 1.38 bits per heavy atom. The third kappa shape index (κ3) is 2.19. The van der Waals surface area contributed by atoms with Crippen LogP contribution in [0.25, 0.3) is 0 Å². The van der Waals surface area contributed by atoms with Gasteiger partial charge in [-0.05, 0) is 32.0 Å². The van der Waals surface area contributed by atoms with E-state index < -0.39 is 0 Å². The zero-order valence-electron chi connectivity index (χ0n) is 9.36. The Balaban J connectivity index is 2.18. The Bertz CT molecular complexity index is 500. The average molecular weight is 215 g/mol. The first kappa shape index (κ1) is 10.6. The normalized spacial score (nSPS) is 10.4. The summed E-state index contributed by atoms with van der Waals surface area (Å²) in [6.07, 6.45) is 2.01. The molecule has 0 bridgehead atoms. The van der Waals surface area contributed by atoms with E-state index in [1.807, 2.05) is 25.1 Å². The van der Waals surface area contributed by atoms with Crippen molar-refractivity contribution in [2.45, 2.75) is 20.3 Å². The minimum absolute atomic E-state index is 0.0491. The number of aryl methyl sites for hydroxylation is 2. The lowest BCUT2D eigenvalue weighted by atomic mass is 10.1. The Morgan fingerprint density at radius 3 is 2.75 bits per heavy atom. The number of nitrogens with zero attached hydrogens (tertiary/aromatic N) is 1. The van der Waals surface area contributed by atoms with E-state index in [4.69, 9.17) is 4.42 Å². The van der Waals surface area contributed by atoms with E-state index in [1.165, 1.54) is 0 Å². The molecular weight excluding hydrogens is 202 g/mol. The molecule has 2 rings (SSSR count). The summed E-state index contributed by atoms with van der Waals surface area (Å²) in [6.45, 7) is 3.64. The third-order valence-electron chi connectivity index (χ3n) is 2.41. The number of carbonyl (C=O) groups is 1. The number of carbonyl (C=O) groups excluding carboxylic acids is 1. The number of hydrogen-bond acceptors (Lipinski definition) is 3. The van der Waals surface area contributed by atoms with E-state index >= 15 is 0 Å². The lowest BCUT2D eigenvalue weighted by molar-refractivity contribution is 0.0990. The second kappa shape index (κ2) is 4.31. The molecule has 0 N–H and O–H groups in total. The van der Waals surface area contributed by atoms with Crippen LogP contribution in [0.5, 0.6) is 0 Å². The highest BCUT2D eigenvalue weighted by Gasteiger charge is 2.14. The van der Waals surface area contributed by atoms with Crippen molar-refractivity contribution in [2.24, 2.45) is 0 Å². The lowest BCUT2D eigenvalue weighted by Gasteiger charge is -1.98. The maximum atomic E-state index is 11.9. The molecular formula is C13H13NO2. The van der Waals surface area contributed by atoms with Crippen LogP contribution in [0.2, 0.25) is 0 Å². The van der Waals surface area contributed by atoms with Gasteiger partial charge in [0, 0.05) is 11.9 Å². The second-order valence-corrected chi connectivity index (χ2v) is 3.75. The molecule has 0 radical (unpaired) electrons. The lowest BCUT2D eigenvalue weighted by Crippen LogP contribution is -2.04. The maximum absolute atomic E-state index is 11.9. The van der Waals surface area contributed by atoms with Gasteiger partial charge in [-0.25, -0.2) is 0 Å². The Hall–Kier alpha value is -1.90. The summed E-state index contributed by atoms with van der Waals surface area (Å²) in [4.78, 5) is 16.1. The van der Waals surface area contributed by atoms with E-state index in [0.29, 0.717) is 17.7 Å². The molecule has 2 aromatic rings. The molecule has 3 nitrogen and oxygen atoms in total. The van der Waals surface area contributed by atoms with Gasteiger partial charge in [-0.3, -0.25) is 9.78 Å². The number of aromatic nitrogens is 1. The molecule has 0 saturated carbocycles. The molecule has 82 valence electrons. The fraction of sp³-hybridized carbons (Fsp3) is 0.231. The van der Waals surface area contributed by atoms with Gasteiger partial charge in [-0.1, -0.05) is 6.07 Å². The minimum atomic E-state index is 0.0491. The topological polar surface area (TPSA) is 43.1 Å². The number of ketones is 1. The monoisotopic (exact) mass is 215 g/mol. The zero-order chi connectivity index (χ0) is 11.5. The summed E-state index contributed by atoms with van der Waals surface area (Å²) < 4.78 is 5.33. The number of hydrogen-bond donors (Lipinski definition) is 0. The van der Waals surface area contributed by atoms with Crippen molar-refractivity contribution in [3.05, 3.63) is 53.2 Å². The van der Waals surface area contributed by atoms with Gasteiger partial charge in [0.1, 0.15) is 11.5 Å². The van der Waals surface area contributed by atoms with Gasteiger partial charge in [-0.15, -0.1) is 0 Å². The fourth-order valence-electron chi connectivity index (χ4n) is 1.67. The van der Waals surface area contributed by atoms with Crippen LogP contribution in [0.15, 0.2) is 34.9 Å². The molecule has 0 aromatic carbocycles. The van der Waals surface area contributed by atoms with Crippen molar-refractivity contribution in [3.63, 3.8) is 0 Å². The van der Waals surface area contributed by atoms with Crippen LogP contribution in [0.3, 0.4) is 0 Å². The van der Waals surface area contributed by atoms with E-state index in [2.05, 4.69) is 4.98 Å². The molecule has 0 fully saturated rings. The molecule has 0 amide bonds. The fourth-order valence-corrected chi connectivity index (χ4v) is 1.67. The second-order valence-electron chi connectivity index (χ2n) is 3.75. The van der Waals surface area contributed by atoms with Crippen molar-refractivity contribution in [3.8, 4) is 0 Å². The van der Waals surface area contributed by atoms with Crippen LogP contribution < -0.4 is 0 Å². The minimum Gasteiger partial charge on any atom is -0.466 e. The first-order chi connectivity index (χ1) is 7.66. The van der Waals surface area contributed by atoms with Crippen molar-refractivity contribution in [2.75, 3.05) is 0 Å². The highest BCUT2D eigenvalue weighted by molar-refractivity contribution is 5.98. The number of Topliss-reactive ketones (excluding diaryl/α,β-unsaturated/α-hetero) is 1. The molecule has 0 spiro atoms. The molecule has 2 heterocycles. The van der Waals surface area contributed by atoms with Gasteiger partial charge < -0.3 is 4.42 Å². The highest BCUT2D eigenvalue weighted by Crippen LogP contribution is 2.15. The number of rotatable bonds is 3. The van der Waals surface area contributed by atoms with Crippen LogP contribution >= 0.6 is 0 Å². The van der Waals surface area contributed by atoms with Crippen molar-refractivity contribution < 1.29 is 9.21 Å². The van der Waals surface area contributed by atoms with Crippen LogP contribution in [-0.4, -0.2) is 10.8 Å². The largest absolute Gasteiger partial charge is 0.466 e. The van der Waals surface area contributed by atoms with Gasteiger partial charge >= 0.3 is 0 Å². The molecule has 0 saturated heterocycles. The van der Waals surface area contributed by atoms with Gasteiger partial charge in [0.25, 0.3) is 0 Å². The molecule has 0 aliphatic heterocycles. The molecule has 0 aliphatic carbocycles. The van der Waals surface area contributed by atoms with Crippen molar-refractivity contribution in [1.29, 1.82) is 0 Å². The van der Waals surface area contributed by atoms with E-state index in [0.717, 1.165) is 11.5 Å². The van der Waals surface area contributed by atoms with Crippen LogP contribution in [0.1, 0.15) is 27.6 Å². The summed E-state index contributed by atoms with van der Waals surface area (Å²) >= 11 is 0.